The fraction of sp³-hybridized carbons (Fsp3) is 0.333. The summed E-state index contributed by atoms with van der Waals surface area (Å²) in [6.07, 6.45) is -1.60. The van der Waals surface area contributed by atoms with Crippen LogP contribution in [0.1, 0.15) is 0 Å². The zero-order valence-electron chi connectivity index (χ0n) is 8.32. The monoisotopic (exact) mass is 223 g/mol. The van der Waals surface area contributed by atoms with Crippen LogP contribution in [0.2, 0.25) is 0 Å². The minimum absolute atomic E-state index is 0. The van der Waals surface area contributed by atoms with E-state index in [1.165, 1.54) is 0 Å². The molecule has 0 radical (unpaired) electrons. The fourth-order valence-electron chi connectivity index (χ4n) is 0.352. The zero-order valence-corrected chi connectivity index (χ0v) is 8.32. The summed E-state index contributed by atoms with van der Waals surface area (Å²) in [4.78, 5) is 20.6. The van der Waals surface area contributed by atoms with Crippen LogP contribution < -0.4 is 28.7 Å². The first-order valence-corrected chi connectivity index (χ1v) is 3.47. The number of amides is 2. The zero-order chi connectivity index (χ0) is 11.4. The number of nitrogens with two attached hydrogens (primary N) is 2. The highest BCUT2D eigenvalue weighted by atomic mass is 16.6. The number of hydrazine groups is 2. The van der Waals surface area contributed by atoms with E-state index in [4.69, 9.17) is 0 Å². The van der Waals surface area contributed by atoms with Crippen LogP contribution in [0.15, 0.2) is 13.2 Å². The summed E-state index contributed by atoms with van der Waals surface area (Å²) in [5.41, 5.74) is 3.45. The van der Waals surface area contributed by atoms with Gasteiger partial charge in [-0.25, -0.2) is 21.3 Å². The largest absolute Gasteiger partial charge is 0.445 e. The van der Waals surface area contributed by atoms with E-state index in [1.807, 2.05) is 0 Å². The lowest BCUT2D eigenvalue weighted by atomic mass is 10.8. The highest BCUT2D eigenvalue weighted by Gasteiger charge is 2.00. The molecular weight excluding hydrogens is 206 g/mol. The maximum atomic E-state index is 10.3. The van der Waals surface area contributed by atoms with Gasteiger partial charge in [0.25, 0.3) is 0 Å². The molecule has 9 N–H and O–H groups in total. The molecule has 0 aliphatic rings. The first-order chi connectivity index (χ1) is 6.70. The van der Waals surface area contributed by atoms with Gasteiger partial charge in [-0.15, -0.1) is 13.2 Å². The molecule has 0 fully saturated rings. The lowest BCUT2D eigenvalue weighted by Crippen LogP contribution is -2.33. The van der Waals surface area contributed by atoms with E-state index >= 15 is 0 Å². The van der Waals surface area contributed by atoms with Gasteiger partial charge in [0.2, 0.25) is 0 Å². The Kier molecular flexibility index (Phi) is 18.4. The first kappa shape index (κ1) is 18.9. The Morgan fingerprint density at radius 2 is 1.27 bits per heavy atom. The van der Waals surface area contributed by atoms with E-state index in [9.17, 15) is 9.59 Å². The molecule has 0 heterocycles. The number of nitrogens with one attached hydrogen (secondary N) is 2. The van der Waals surface area contributed by atoms with Crippen molar-refractivity contribution in [3.63, 3.8) is 0 Å². The molecule has 0 aliphatic heterocycles. The molecule has 90 valence electrons. The summed E-state index contributed by atoms with van der Waals surface area (Å²) < 4.78 is 8.73. The van der Waals surface area contributed by atoms with Crippen molar-refractivity contribution in [1.29, 1.82) is 0 Å². The highest BCUT2D eigenvalue weighted by molar-refractivity contribution is 5.67. The molecule has 0 rings (SSSR count). The van der Waals surface area contributed by atoms with Gasteiger partial charge in [0.1, 0.15) is 13.2 Å². The molecule has 0 saturated carbocycles. The molecule has 0 atom stereocenters. The minimum Gasteiger partial charge on any atom is -0.445 e. The van der Waals surface area contributed by atoms with Gasteiger partial charge in [-0.1, -0.05) is 0 Å². The van der Waals surface area contributed by atoms with E-state index in [0.717, 1.165) is 0 Å². The number of rotatable bonds is 3. The smallest absolute Gasteiger partial charge is 0.421 e. The minimum atomic E-state index is -0.799. The number of carbonyl (C=O) groups is 2. The van der Waals surface area contributed by atoms with Crippen molar-refractivity contribution in [2.75, 3.05) is 13.2 Å². The van der Waals surface area contributed by atoms with E-state index < -0.39 is 12.2 Å². The molecular formula is C6H17N5O4. The molecule has 15 heavy (non-hydrogen) atoms. The first-order valence-electron chi connectivity index (χ1n) is 3.47. The number of hydrogen-bond donors (Lipinski definition) is 5. The molecule has 0 spiro atoms. The molecule has 0 unspecified atom stereocenters. The SMILES string of the molecule is C=C.N.NNC(=O)OCCOC(=O)NN. The molecule has 0 aromatic heterocycles. The summed E-state index contributed by atoms with van der Waals surface area (Å²) in [6.45, 7) is 5.83. The summed E-state index contributed by atoms with van der Waals surface area (Å²) in [5, 5.41) is 0. The van der Waals surface area contributed by atoms with Crippen LogP contribution in [0.25, 0.3) is 0 Å². The van der Waals surface area contributed by atoms with Crippen LogP contribution >= 0.6 is 0 Å². The summed E-state index contributed by atoms with van der Waals surface area (Å²) in [5.74, 6) is 9.35. The predicted molar refractivity (Wildman–Crippen MR) is 53.6 cm³/mol. The summed E-state index contributed by atoms with van der Waals surface area (Å²) in [6, 6.07) is 0. The van der Waals surface area contributed by atoms with Gasteiger partial charge >= 0.3 is 12.2 Å². The molecule has 0 aromatic carbocycles. The van der Waals surface area contributed by atoms with Gasteiger partial charge in [-0.3, -0.25) is 10.9 Å². The Morgan fingerprint density at radius 3 is 1.47 bits per heavy atom. The van der Waals surface area contributed by atoms with Crippen molar-refractivity contribution in [3.8, 4) is 0 Å². The van der Waals surface area contributed by atoms with Crippen LogP contribution in [0.5, 0.6) is 0 Å². The van der Waals surface area contributed by atoms with E-state index in [-0.39, 0.29) is 19.4 Å². The topological polar surface area (TPSA) is 164 Å². The second kappa shape index (κ2) is 14.7. The number of hydrogen-bond acceptors (Lipinski definition) is 7. The standard InChI is InChI=1S/C4H10N4O4.C2H4.H3N/c5-7-3(9)11-1-2-12-4(10)8-6;1-2;/h1-2,5-6H2,(H,7,9)(H,8,10);1-2H2;1H3. The van der Waals surface area contributed by atoms with E-state index in [2.05, 4.69) is 34.3 Å². The van der Waals surface area contributed by atoms with Gasteiger partial charge in [-0.2, -0.15) is 0 Å². The maximum absolute atomic E-state index is 10.3. The highest BCUT2D eigenvalue weighted by Crippen LogP contribution is 1.79. The molecule has 0 bridgehead atoms. The maximum Gasteiger partial charge on any atom is 0.421 e. The predicted octanol–water partition coefficient (Wildman–Crippen LogP) is -0.850. The Balaban J connectivity index is -0.000000449. The van der Waals surface area contributed by atoms with Gasteiger partial charge in [-0.05, 0) is 0 Å². The Hall–Kier alpha value is -1.84. The molecule has 0 saturated heterocycles. The van der Waals surface area contributed by atoms with Crippen molar-refractivity contribution in [2.24, 2.45) is 11.7 Å². The van der Waals surface area contributed by atoms with Gasteiger partial charge in [0.15, 0.2) is 0 Å². The normalized spacial score (nSPS) is 7.07. The van der Waals surface area contributed by atoms with E-state index in [1.54, 1.807) is 10.9 Å². The van der Waals surface area contributed by atoms with Gasteiger partial charge in [0.05, 0.1) is 0 Å². The summed E-state index contributed by atoms with van der Waals surface area (Å²) in [7, 11) is 0. The van der Waals surface area contributed by atoms with Gasteiger partial charge in [0, 0.05) is 0 Å². The Morgan fingerprint density at radius 1 is 1.00 bits per heavy atom. The van der Waals surface area contributed by atoms with Crippen LogP contribution in [-0.4, -0.2) is 25.4 Å². The van der Waals surface area contributed by atoms with Crippen molar-refractivity contribution >= 4 is 12.2 Å². The third-order valence-electron chi connectivity index (χ3n) is 0.785. The number of ether oxygens (including phenoxy) is 2. The molecule has 9 nitrogen and oxygen atoms in total. The summed E-state index contributed by atoms with van der Waals surface area (Å²) >= 11 is 0. The molecule has 2 amide bonds. The third-order valence-corrected chi connectivity index (χ3v) is 0.785. The van der Waals surface area contributed by atoms with Crippen LogP contribution in [0.3, 0.4) is 0 Å². The fourth-order valence-corrected chi connectivity index (χ4v) is 0.352. The van der Waals surface area contributed by atoms with E-state index in [0.29, 0.717) is 0 Å². The second-order valence-corrected chi connectivity index (χ2v) is 1.56. The van der Waals surface area contributed by atoms with Gasteiger partial charge < -0.3 is 15.6 Å². The Labute approximate surface area is 87.3 Å². The number of carbonyl (C=O) groups excluding carboxylic acids is 2. The van der Waals surface area contributed by atoms with Crippen LogP contribution in [0, 0.1) is 0 Å². The van der Waals surface area contributed by atoms with Crippen molar-refractivity contribution in [1.82, 2.24) is 17.0 Å². The van der Waals surface area contributed by atoms with Crippen LogP contribution in [0.4, 0.5) is 9.59 Å². The average Bonchev–Trinajstić information content (AvgIpc) is 2.26. The lowest BCUT2D eigenvalue weighted by molar-refractivity contribution is 0.0958. The van der Waals surface area contributed by atoms with Crippen molar-refractivity contribution in [2.45, 2.75) is 0 Å². The molecule has 0 aromatic rings. The molecule has 9 heteroatoms. The van der Waals surface area contributed by atoms with Crippen LogP contribution in [-0.2, 0) is 9.47 Å². The molecule has 0 aliphatic carbocycles. The Bertz CT molecular complexity index is 159. The lowest BCUT2D eigenvalue weighted by Gasteiger charge is -2.04. The van der Waals surface area contributed by atoms with Crippen molar-refractivity contribution < 1.29 is 19.1 Å². The quantitative estimate of drug-likeness (QED) is 0.137. The average molecular weight is 223 g/mol. The second-order valence-electron chi connectivity index (χ2n) is 1.56. The van der Waals surface area contributed by atoms with Crippen molar-refractivity contribution in [3.05, 3.63) is 13.2 Å². The third kappa shape index (κ3) is 15.0.